The summed E-state index contributed by atoms with van der Waals surface area (Å²) < 4.78 is 22.8. The van der Waals surface area contributed by atoms with Crippen molar-refractivity contribution in [2.75, 3.05) is 6.61 Å². The second-order valence-electron chi connectivity index (χ2n) is 9.11. The zero-order valence-corrected chi connectivity index (χ0v) is 23.2. The molecule has 1 aromatic carbocycles. The highest BCUT2D eigenvalue weighted by atomic mass is 35.5. The molecule has 3 N–H and O–H groups in total. The molecule has 0 bridgehead atoms. The Morgan fingerprint density at radius 3 is 2.65 bits per heavy atom. The number of aliphatic hydroxyl groups is 2. The van der Waals surface area contributed by atoms with Gasteiger partial charge in [0.05, 0.1) is 24.2 Å². The fraction of sp³-hybridized carbons (Fsp3) is 0.522. The number of hydrogen-bond donors (Lipinski definition) is 3. The van der Waals surface area contributed by atoms with E-state index in [-0.39, 0.29) is 35.7 Å². The van der Waals surface area contributed by atoms with Gasteiger partial charge in [-0.25, -0.2) is 5.09 Å². The van der Waals surface area contributed by atoms with Gasteiger partial charge in [-0.05, 0) is 57.7 Å². The molecule has 0 radical (unpaired) electrons. The highest BCUT2D eigenvalue weighted by Crippen LogP contribution is 2.48. The van der Waals surface area contributed by atoms with Crippen molar-refractivity contribution in [3.8, 4) is 5.75 Å². The van der Waals surface area contributed by atoms with Gasteiger partial charge in [0, 0.05) is 6.20 Å². The number of ketones is 1. The molecule has 2 aliphatic heterocycles. The van der Waals surface area contributed by atoms with Gasteiger partial charge in [0.2, 0.25) is 5.91 Å². The quantitative estimate of drug-likeness (QED) is 0.214. The number of hydrogen-bond acceptors (Lipinski definition) is 10. The van der Waals surface area contributed by atoms with Gasteiger partial charge in [0.1, 0.15) is 29.6 Å². The summed E-state index contributed by atoms with van der Waals surface area (Å²) in [6, 6.07) is 5.62. The molecule has 1 aromatic rings. The molecule has 6 atom stereocenters. The molecule has 1 amide bonds. The monoisotopic (exact) mass is 576 g/mol. The molecule has 0 aromatic heterocycles. The van der Waals surface area contributed by atoms with Crippen LogP contribution in [0.15, 0.2) is 36.5 Å². The second kappa shape index (κ2) is 11.9. The van der Waals surface area contributed by atoms with E-state index in [0.717, 1.165) is 4.90 Å². The number of nitrogens with zero attached hydrogens (tertiary/aromatic N) is 1. The minimum absolute atomic E-state index is 0.205. The van der Waals surface area contributed by atoms with Gasteiger partial charge in [-0.1, -0.05) is 23.7 Å². The van der Waals surface area contributed by atoms with Crippen LogP contribution >= 0.6 is 18.2 Å². The maximum absolute atomic E-state index is 12.4. The molecule has 1 fully saturated rings. The molecule has 14 heteroatoms. The summed E-state index contributed by atoms with van der Waals surface area (Å²) in [7, 11) is 0. The minimum atomic E-state index is -3.53. The molecule has 0 aliphatic carbocycles. The topological polar surface area (TPSA) is 144 Å². The van der Waals surface area contributed by atoms with Gasteiger partial charge in [0.15, 0.2) is 12.0 Å². The van der Waals surface area contributed by atoms with Crippen molar-refractivity contribution in [2.45, 2.75) is 70.3 Å². The highest BCUT2D eigenvalue weighted by Gasteiger charge is 2.56. The van der Waals surface area contributed by atoms with E-state index in [1.807, 2.05) is 0 Å². The normalized spacial score (nSPS) is 28.3. The zero-order valence-electron chi connectivity index (χ0n) is 20.7. The van der Waals surface area contributed by atoms with Gasteiger partial charge < -0.3 is 28.7 Å². The summed E-state index contributed by atoms with van der Waals surface area (Å²) in [5.74, 6) is -1.35. The van der Waals surface area contributed by atoms with E-state index < -0.39 is 48.6 Å². The Kier molecular flexibility index (Phi) is 9.52. The average Bonchev–Trinajstić information content (AvgIpc) is 3.02. The minimum Gasteiger partial charge on any atom is -0.462 e. The molecule has 0 spiro atoms. The van der Waals surface area contributed by atoms with Crippen molar-refractivity contribution >= 4 is 47.7 Å². The predicted octanol–water partition coefficient (Wildman–Crippen LogP) is 2.04. The molecule has 11 nitrogen and oxygen atoms in total. The molecule has 37 heavy (non-hydrogen) atoms. The number of amides is 1. The van der Waals surface area contributed by atoms with Crippen molar-refractivity contribution in [3.05, 3.63) is 41.6 Å². The smallest absolute Gasteiger partial charge is 0.323 e. The van der Waals surface area contributed by atoms with Crippen LogP contribution in [-0.2, 0) is 40.2 Å². The number of esters is 1. The largest absolute Gasteiger partial charge is 0.462 e. The standard InChI is InChI=1S/C23H30ClN2O9PS/c1-13(2)33-21(30)14(3)25-36(37,35-17-8-6-5-7-16(17)24)32-12-18-20(29)23(4,31)22(34-18)26-10-9-15(27)11-19(26)28/h5-10,13-14,18,20,22,29,31H,11-12H2,1-4H3,(H,25,37)/t14-,18+,20+,22+,23+,36?/m0/s1. The maximum Gasteiger partial charge on any atom is 0.323 e. The van der Waals surface area contributed by atoms with Gasteiger partial charge in [-0.2, -0.15) is 0 Å². The van der Waals surface area contributed by atoms with Crippen molar-refractivity contribution in [2.24, 2.45) is 0 Å². The molecule has 0 saturated carbocycles. The average molecular weight is 577 g/mol. The van der Waals surface area contributed by atoms with Crippen LogP contribution in [0.1, 0.15) is 34.1 Å². The highest BCUT2D eigenvalue weighted by molar-refractivity contribution is 8.09. The van der Waals surface area contributed by atoms with Gasteiger partial charge in [-0.3, -0.25) is 19.3 Å². The Hall–Kier alpha value is -1.89. The Labute approximate surface area is 224 Å². The van der Waals surface area contributed by atoms with Crippen LogP contribution in [0.4, 0.5) is 0 Å². The molecule has 204 valence electrons. The Balaban J connectivity index is 1.79. The maximum atomic E-state index is 12.4. The lowest BCUT2D eigenvalue weighted by Gasteiger charge is -2.34. The second-order valence-corrected chi connectivity index (χ2v) is 12.7. The van der Waals surface area contributed by atoms with Crippen LogP contribution in [0.3, 0.4) is 0 Å². The lowest BCUT2D eigenvalue weighted by molar-refractivity contribution is -0.158. The number of carbonyl (C=O) groups is 3. The Bertz CT molecular complexity index is 1120. The summed E-state index contributed by atoms with van der Waals surface area (Å²) in [5, 5.41) is 24.9. The number of aliphatic hydroxyl groups excluding tert-OH is 1. The Morgan fingerprint density at radius 2 is 2.03 bits per heavy atom. The van der Waals surface area contributed by atoms with Gasteiger partial charge >= 0.3 is 12.6 Å². The Morgan fingerprint density at radius 1 is 1.35 bits per heavy atom. The third-order valence-corrected chi connectivity index (χ3v) is 8.36. The first kappa shape index (κ1) is 29.7. The molecule has 1 saturated heterocycles. The number of allylic oxidation sites excluding steroid dienone is 1. The van der Waals surface area contributed by atoms with Crippen LogP contribution in [0.2, 0.25) is 5.02 Å². The number of ether oxygens (including phenoxy) is 2. The first-order chi connectivity index (χ1) is 17.2. The molecule has 3 rings (SSSR count). The lowest BCUT2D eigenvalue weighted by Crippen LogP contribution is -2.54. The van der Waals surface area contributed by atoms with Crippen molar-refractivity contribution < 1.29 is 43.1 Å². The van der Waals surface area contributed by atoms with E-state index in [4.69, 9.17) is 41.9 Å². The lowest BCUT2D eigenvalue weighted by atomic mass is 9.95. The molecular formula is C23H30ClN2O9PS. The van der Waals surface area contributed by atoms with Crippen LogP contribution < -0.4 is 9.61 Å². The van der Waals surface area contributed by atoms with E-state index in [0.29, 0.717) is 0 Å². The van der Waals surface area contributed by atoms with Crippen molar-refractivity contribution in [1.82, 2.24) is 9.99 Å². The van der Waals surface area contributed by atoms with Crippen LogP contribution in [0.5, 0.6) is 5.75 Å². The predicted molar refractivity (Wildman–Crippen MR) is 137 cm³/mol. The van der Waals surface area contributed by atoms with E-state index in [1.54, 1.807) is 38.1 Å². The van der Waals surface area contributed by atoms with E-state index in [2.05, 4.69) is 5.09 Å². The fourth-order valence-electron chi connectivity index (χ4n) is 3.67. The van der Waals surface area contributed by atoms with Gasteiger partial charge in [-0.15, -0.1) is 0 Å². The molecular weight excluding hydrogens is 547 g/mol. The summed E-state index contributed by atoms with van der Waals surface area (Å²) in [6.07, 6.45) is -2.27. The van der Waals surface area contributed by atoms with Crippen LogP contribution in [-0.4, -0.2) is 75.6 Å². The van der Waals surface area contributed by atoms with Crippen molar-refractivity contribution in [3.63, 3.8) is 0 Å². The number of carbonyl (C=O) groups excluding carboxylic acids is 3. The first-order valence-corrected chi connectivity index (χ1v) is 14.5. The van der Waals surface area contributed by atoms with E-state index >= 15 is 0 Å². The van der Waals surface area contributed by atoms with E-state index in [1.165, 1.54) is 26.1 Å². The van der Waals surface area contributed by atoms with Crippen LogP contribution in [0.25, 0.3) is 0 Å². The summed E-state index contributed by atoms with van der Waals surface area (Å²) in [6.45, 7) is 2.34. The number of halogens is 1. The summed E-state index contributed by atoms with van der Waals surface area (Å²) >= 11 is 11.9. The fourth-order valence-corrected chi connectivity index (χ4v) is 6.31. The third kappa shape index (κ3) is 7.15. The zero-order chi connectivity index (χ0) is 27.5. The molecule has 2 heterocycles. The SMILES string of the molecule is CC(C)OC(=O)[C@H](C)NP(=S)(OC[C@H]1O[C@@H](N2C=CC(=O)CC2=O)[C@](C)(O)[C@@H]1O)Oc1ccccc1Cl. The first-order valence-electron chi connectivity index (χ1n) is 11.5. The number of rotatable bonds is 10. The summed E-state index contributed by atoms with van der Waals surface area (Å²) in [5.41, 5.74) is -1.90. The number of benzene rings is 1. The van der Waals surface area contributed by atoms with Crippen LogP contribution in [0, 0.1) is 0 Å². The molecule has 2 aliphatic rings. The van der Waals surface area contributed by atoms with E-state index in [9.17, 15) is 24.6 Å². The van der Waals surface area contributed by atoms with Gasteiger partial charge in [0.25, 0.3) is 0 Å². The van der Waals surface area contributed by atoms with Crippen molar-refractivity contribution in [1.29, 1.82) is 0 Å². The summed E-state index contributed by atoms with van der Waals surface area (Å²) in [4.78, 5) is 37.3. The number of nitrogens with one attached hydrogen (secondary N) is 1. The molecule has 1 unspecified atom stereocenters. The third-order valence-electron chi connectivity index (χ3n) is 5.56. The number of para-hydroxylation sites is 1.